The Morgan fingerprint density at radius 1 is 1.41 bits per heavy atom. The van der Waals surface area contributed by atoms with Crippen molar-refractivity contribution in [1.29, 1.82) is 5.26 Å². The van der Waals surface area contributed by atoms with E-state index in [0.29, 0.717) is 34.9 Å². The molecule has 0 aliphatic carbocycles. The Hall–Kier alpha value is -3.23. The second kappa shape index (κ2) is 9.46. The van der Waals surface area contributed by atoms with Gasteiger partial charge in [-0.3, -0.25) is 4.79 Å². The van der Waals surface area contributed by atoms with Crippen LogP contribution in [-0.2, 0) is 11.2 Å². The van der Waals surface area contributed by atoms with Crippen molar-refractivity contribution in [3.8, 4) is 17.6 Å². The average Bonchev–Trinajstić information content (AvgIpc) is 2.63. The minimum absolute atomic E-state index is 0.0239. The van der Waals surface area contributed by atoms with Gasteiger partial charge in [0.05, 0.1) is 6.61 Å². The van der Waals surface area contributed by atoms with Crippen LogP contribution >= 0.6 is 11.6 Å². The van der Waals surface area contributed by atoms with Crippen LogP contribution in [0.4, 0.5) is 5.69 Å². The summed E-state index contributed by atoms with van der Waals surface area (Å²) in [7, 11) is 0. The van der Waals surface area contributed by atoms with Crippen molar-refractivity contribution >= 4 is 29.3 Å². The Morgan fingerprint density at radius 3 is 2.81 bits per heavy atom. The van der Waals surface area contributed by atoms with Crippen molar-refractivity contribution in [2.24, 2.45) is 0 Å². The van der Waals surface area contributed by atoms with Gasteiger partial charge in [-0.1, -0.05) is 23.7 Å². The lowest BCUT2D eigenvalue weighted by atomic mass is 10.0. The molecule has 0 aliphatic rings. The van der Waals surface area contributed by atoms with Gasteiger partial charge in [0.1, 0.15) is 11.6 Å². The van der Waals surface area contributed by atoms with E-state index in [1.54, 1.807) is 49.4 Å². The zero-order valence-electron chi connectivity index (χ0n) is 14.8. The number of carbonyl (C=O) groups is 1. The van der Waals surface area contributed by atoms with Crippen LogP contribution in [0, 0.1) is 11.3 Å². The number of anilines is 1. The molecule has 0 unspecified atom stereocenters. The summed E-state index contributed by atoms with van der Waals surface area (Å²) >= 11 is 5.90. The van der Waals surface area contributed by atoms with E-state index in [1.165, 1.54) is 6.08 Å². The molecule has 6 heteroatoms. The zero-order chi connectivity index (χ0) is 19.8. The van der Waals surface area contributed by atoms with Crippen molar-refractivity contribution in [1.82, 2.24) is 0 Å². The maximum absolute atomic E-state index is 12.4. The third-order valence-electron chi connectivity index (χ3n) is 3.60. The molecule has 138 valence electrons. The van der Waals surface area contributed by atoms with Crippen LogP contribution in [0.25, 0.3) is 6.08 Å². The molecule has 2 aromatic rings. The summed E-state index contributed by atoms with van der Waals surface area (Å²) in [5.41, 5.74) is 1.55. The zero-order valence-corrected chi connectivity index (χ0v) is 15.6. The Bertz CT molecular complexity index is 930. The molecule has 0 bridgehead atoms. The summed E-state index contributed by atoms with van der Waals surface area (Å²) in [6.07, 6.45) is 3.51. The highest BCUT2D eigenvalue weighted by Crippen LogP contribution is 2.33. The number of nitrogens with one attached hydrogen (secondary N) is 1. The van der Waals surface area contributed by atoms with Crippen molar-refractivity contribution < 1.29 is 14.6 Å². The van der Waals surface area contributed by atoms with Crippen molar-refractivity contribution in [3.63, 3.8) is 0 Å². The molecule has 2 rings (SSSR count). The van der Waals surface area contributed by atoms with Gasteiger partial charge in [0, 0.05) is 16.3 Å². The van der Waals surface area contributed by atoms with Crippen LogP contribution in [0.3, 0.4) is 0 Å². The van der Waals surface area contributed by atoms with Gasteiger partial charge < -0.3 is 15.2 Å². The summed E-state index contributed by atoms with van der Waals surface area (Å²) in [5, 5.41) is 22.7. The number of hydrogen-bond donors (Lipinski definition) is 2. The van der Waals surface area contributed by atoms with Crippen LogP contribution in [0.5, 0.6) is 11.5 Å². The Morgan fingerprint density at radius 2 is 2.19 bits per heavy atom. The maximum Gasteiger partial charge on any atom is 0.266 e. The molecule has 0 heterocycles. The van der Waals surface area contributed by atoms with Crippen LogP contribution in [0.15, 0.2) is 54.6 Å². The predicted octanol–water partition coefficient (Wildman–Crippen LogP) is 4.72. The van der Waals surface area contributed by atoms with E-state index in [2.05, 4.69) is 11.9 Å². The molecule has 0 saturated heterocycles. The number of hydrogen-bond acceptors (Lipinski definition) is 4. The van der Waals surface area contributed by atoms with Gasteiger partial charge in [-0.2, -0.15) is 5.26 Å². The first-order valence-corrected chi connectivity index (χ1v) is 8.64. The SMILES string of the molecule is C=CCc1cc(/C=C(/C#N)C(=O)Nc2cccc(Cl)c2)cc(OCC)c1O. The molecule has 0 fully saturated rings. The molecular weight excluding hydrogens is 364 g/mol. The standard InChI is InChI=1S/C21H19ClN2O3/c1-3-6-15-9-14(11-19(20(15)25)27-4-2)10-16(13-23)21(26)24-18-8-5-7-17(22)12-18/h3,5,7-12,25H,1,4,6H2,2H3,(H,24,26)/b16-10-. The van der Waals surface area contributed by atoms with E-state index in [0.717, 1.165) is 0 Å². The lowest BCUT2D eigenvalue weighted by Crippen LogP contribution is -2.13. The molecule has 2 aromatic carbocycles. The number of amides is 1. The minimum Gasteiger partial charge on any atom is -0.504 e. The van der Waals surface area contributed by atoms with E-state index >= 15 is 0 Å². The third kappa shape index (κ3) is 5.37. The van der Waals surface area contributed by atoms with Crippen LogP contribution in [-0.4, -0.2) is 17.6 Å². The lowest BCUT2D eigenvalue weighted by molar-refractivity contribution is -0.112. The number of nitriles is 1. The quantitative estimate of drug-likeness (QED) is 0.412. The number of benzene rings is 2. The molecule has 27 heavy (non-hydrogen) atoms. The number of aromatic hydroxyl groups is 1. The highest BCUT2D eigenvalue weighted by atomic mass is 35.5. The monoisotopic (exact) mass is 382 g/mol. The lowest BCUT2D eigenvalue weighted by Gasteiger charge is -2.11. The number of phenols is 1. The molecule has 1 amide bonds. The number of allylic oxidation sites excluding steroid dienone is 1. The first-order valence-electron chi connectivity index (χ1n) is 8.26. The van der Waals surface area contributed by atoms with Crippen molar-refractivity contribution in [2.45, 2.75) is 13.3 Å². The second-order valence-electron chi connectivity index (χ2n) is 5.59. The van der Waals surface area contributed by atoms with Crippen LogP contribution in [0.2, 0.25) is 5.02 Å². The molecule has 2 N–H and O–H groups in total. The second-order valence-corrected chi connectivity index (χ2v) is 6.02. The average molecular weight is 383 g/mol. The van der Waals surface area contributed by atoms with Gasteiger partial charge in [-0.15, -0.1) is 6.58 Å². The summed E-state index contributed by atoms with van der Waals surface area (Å²) in [4.78, 5) is 12.4. The number of rotatable bonds is 7. The Kier molecular flexibility index (Phi) is 7.04. The molecule has 0 aliphatic heterocycles. The largest absolute Gasteiger partial charge is 0.504 e. The van der Waals surface area contributed by atoms with E-state index in [-0.39, 0.29) is 17.1 Å². The smallest absolute Gasteiger partial charge is 0.266 e. The van der Waals surface area contributed by atoms with Crippen molar-refractivity contribution in [2.75, 3.05) is 11.9 Å². The first-order chi connectivity index (χ1) is 13.0. The van der Waals surface area contributed by atoms with E-state index < -0.39 is 5.91 Å². The fourth-order valence-corrected chi connectivity index (χ4v) is 2.62. The molecule has 0 atom stereocenters. The fourth-order valence-electron chi connectivity index (χ4n) is 2.43. The van der Waals surface area contributed by atoms with Gasteiger partial charge in [0.2, 0.25) is 0 Å². The van der Waals surface area contributed by atoms with Gasteiger partial charge >= 0.3 is 0 Å². The Balaban J connectivity index is 2.36. The van der Waals surface area contributed by atoms with Crippen LogP contribution in [0.1, 0.15) is 18.1 Å². The third-order valence-corrected chi connectivity index (χ3v) is 3.83. The number of carbonyl (C=O) groups excluding carboxylic acids is 1. The topological polar surface area (TPSA) is 82.4 Å². The number of ether oxygens (including phenoxy) is 1. The molecule has 5 nitrogen and oxygen atoms in total. The van der Waals surface area contributed by atoms with Crippen molar-refractivity contribution in [3.05, 3.63) is 70.8 Å². The summed E-state index contributed by atoms with van der Waals surface area (Å²) in [6, 6.07) is 11.8. The summed E-state index contributed by atoms with van der Waals surface area (Å²) in [5.74, 6) is -0.248. The summed E-state index contributed by atoms with van der Waals surface area (Å²) in [6.45, 7) is 5.84. The van der Waals surface area contributed by atoms with E-state index in [9.17, 15) is 15.2 Å². The number of halogens is 1. The fraction of sp³-hybridized carbons (Fsp3) is 0.143. The van der Waals surface area contributed by atoms with E-state index in [1.807, 2.05) is 6.07 Å². The maximum atomic E-state index is 12.4. The minimum atomic E-state index is -0.559. The van der Waals surface area contributed by atoms with Crippen LogP contribution < -0.4 is 10.1 Å². The molecule has 0 saturated carbocycles. The van der Waals surface area contributed by atoms with Gasteiger partial charge in [0.15, 0.2) is 11.5 Å². The first kappa shape index (κ1) is 20.1. The number of phenolic OH excluding ortho intramolecular Hbond substituents is 1. The highest BCUT2D eigenvalue weighted by molar-refractivity contribution is 6.31. The van der Waals surface area contributed by atoms with E-state index in [4.69, 9.17) is 16.3 Å². The van der Waals surface area contributed by atoms with Gasteiger partial charge in [0.25, 0.3) is 5.91 Å². The number of nitrogens with zero attached hydrogens (tertiary/aromatic N) is 1. The molecular formula is C21H19ClN2O3. The summed E-state index contributed by atoms with van der Waals surface area (Å²) < 4.78 is 5.44. The molecule has 0 radical (unpaired) electrons. The van der Waals surface area contributed by atoms with Gasteiger partial charge in [-0.05, 0) is 55.3 Å². The normalized spacial score (nSPS) is 10.8. The Labute approximate surface area is 163 Å². The molecule has 0 aromatic heterocycles. The predicted molar refractivity (Wildman–Crippen MR) is 107 cm³/mol. The highest BCUT2D eigenvalue weighted by Gasteiger charge is 2.13. The molecule has 0 spiro atoms. The van der Waals surface area contributed by atoms with Gasteiger partial charge in [-0.25, -0.2) is 0 Å².